The van der Waals surface area contributed by atoms with E-state index in [1.54, 1.807) is 18.3 Å². The van der Waals surface area contributed by atoms with Gasteiger partial charge in [-0.2, -0.15) is 0 Å². The lowest BCUT2D eigenvalue weighted by Gasteiger charge is -2.16. The van der Waals surface area contributed by atoms with Crippen molar-refractivity contribution < 1.29 is 24.1 Å². The minimum atomic E-state index is -0.711. The van der Waals surface area contributed by atoms with Crippen LogP contribution in [-0.2, 0) is 4.74 Å². The van der Waals surface area contributed by atoms with E-state index in [-0.39, 0.29) is 25.7 Å². The molecule has 0 saturated carbocycles. The van der Waals surface area contributed by atoms with Crippen molar-refractivity contribution in [3.63, 3.8) is 0 Å². The standard InChI is InChI=1S/C26H27FN2O4/c1-17(2)26-28-11-12-29(26)20(14-30)8-5-18-3-6-19(7-4-18)22-10-9-21(13-23(22)27)33-25-16-32-15-24(25)31/h3-4,6-7,9-13,17,20,24-25,30-31H,14-16H2,1-2H3/t20-,24+,25?/m0/s1. The molecule has 0 amide bonds. The molecule has 33 heavy (non-hydrogen) atoms. The lowest BCUT2D eigenvalue weighted by Crippen LogP contribution is -2.29. The third-order valence-corrected chi connectivity index (χ3v) is 5.53. The zero-order chi connectivity index (χ0) is 23.4. The maximum atomic E-state index is 14.7. The molecule has 1 fully saturated rings. The molecular weight excluding hydrogens is 423 g/mol. The first-order valence-corrected chi connectivity index (χ1v) is 10.9. The molecule has 1 unspecified atom stereocenters. The average Bonchev–Trinajstić information content (AvgIpc) is 3.45. The van der Waals surface area contributed by atoms with Crippen LogP contribution in [0.15, 0.2) is 54.9 Å². The number of aliphatic hydroxyl groups excluding tert-OH is 2. The molecule has 2 aromatic carbocycles. The van der Waals surface area contributed by atoms with Gasteiger partial charge in [-0.3, -0.25) is 0 Å². The van der Waals surface area contributed by atoms with E-state index in [9.17, 15) is 14.6 Å². The van der Waals surface area contributed by atoms with Gasteiger partial charge in [-0.25, -0.2) is 9.37 Å². The molecule has 3 aromatic rings. The third-order valence-electron chi connectivity index (χ3n) is 5.53. The van der Waals surface area contributed by atoms with Crippen molar-refractivity contribution in [3.05, 3.63) is 72.1 Å². The largest absolute Gasteiger partial charge is 0.485 e. The first-order valence-electron chi connectivity index (χ1n) is 10.9. The molecule has 0 spiro atoms. The molecule has 4 rings (SSSR count). The monoisotopic (exact) mass is 450 g/mol. The van der Waals surface area contributed by atoms with Gasteiger partial charge in [0.2, 0.25) is 0 Å². The summed E-state index contributed by atoms with van der Waals surface area (Å²) in [7, 11) is 0. The topological polar surface area (TPSA) is 76.7 Å². The lowest BCUT2D eigenvalue weighted by atomic mass is 10.0. The van der Waals surface area contributed by atoms with Crippen LogP contribution in [0.2, 0.25) is 0 Å². The molecule has 2 N–H and O–H groups in total. The number of nitrogens with zero attached hydrogens (tertiary/aromatic N) is 2. The minimum absolute atomic E-state index is 0.120. The molecular formula is C26H27FN2O4. The van der Waals surface area contributed by atoms with Crippen LogP contribution in [0.3, 0.4) is 0 Å². The van der Waals surface area contributed by atoms with Gasteiger partial charge in [0.1, 0.15) is 35.6 Å². The molecule has 0 aliphatic carbocycles. The van der Waals surface area contributed by atoms with Gasteiger partial charge in [-0.15, -0.1) is 0 Å². The highest BCUT2D eigenvalue weighted by Gasteiger charge is 2.28. The molecule has 172 valence electrons. The van der Waals surface area contributed by atoms with Crippen molar-refractivity contribution in [3.8, 4) is 28.7 Å². The predicted octanol–water partition coefficient (Wildman–Crippen LogP) is 3.54. The summed E-state index contributed by atoms with van der Waals surface area (Å²) in [5.41, 5.74) is 1.92. The molecule has 0 radical (unpaired) electrons. The molecule has 3 atom stereocenters. The number of rotatable bonds is 6. The van der Waals surface area contributed by atoms with Crippen LogP contribution in [0.25, 0.3) is 11.1 Å². The Hall–Kier alpha value is -3.18. The molecule has 1 aromatic heterocycles. The van der Waals surface area contributed by atoms with Gasteiger partial charge in [0, 0.05) is 35.5 Å². The molecule has 7 heteroatoms. The van der Waals surface area contributed by atoms with Gasteiger partial charge in [-0.1, -0.05) is 37.8 Å². The average molecular weight is 451 g/mol. The third kappa shape index (κ3) is 5.25. The van der Waals surface area contributed by atoms with E-state index >= 15 is 0 Å². The molecule has 2 heterocycles. The second-order valence-electron chi connectivity index (χ2n) is 8.30. The van der Waals surface area contributed by atoms with E-state index in [0.29, 0.717) is 16.9 Å². The molecule has 6 nitrogen and oxygen atoms in total. The molecule has 1 saturated heterocycles. The van der Waals surface area contributed by atoms with Crippen molar-refractivity contribution in [2.45, 2.75) is 38.0 Å². The Kier molecular flexibility index (Phi) is 7.09. The number of hydrogen-bond acceptors (Lipinski definition) is 5. The summed E-state index contributed by atoms with van der Waals surface area (Å²) < 4.78 is 27.4. The Balaban J connectivity index is 1.48. The number of ether oxygens (including phenoxy) is 2. The smallest absolute Gasteiger partial charge is 0.150 e. The SMILES string of the molecule is CC(C)c1nccn1[C@@H](C#Cc1ccc(-c2ccc(OC3COC[C@H]3O)cc2F)cc1)CO. The Morgan fingerprint density at radius 3 is 2.64 bits per heavy atom. The van der Waals surface area contributed by atoms with Gasteiger partial charge in [0.05, 0.1) is 19.8 Å². The molecule has 0 bridgehead atoms. The summed E-state index contributed by atoms with van der Waals surface area (Å²) in [5.74, 6) is 7.22. The van der Waals surface area contributed by atoms with Gasteiger partial charge in [0.15, 0.2) is 0 Å². The first kappa shape index (κ1) is 23.0. The zero-order valence-electron chi connectivity index (χ0n) is 18.6. The van der Waals surface area contributed by atoms with E-state index in [1.807, 2.05) is 48.9 Å². The maximum Gasteiger partial charge on any atom is 0.150 e. The van der Waals surface area contributed by atoms with Gasteiger partial charge >= 0.3 is 0 Å². The van der Waals surface area contributed by atoms with E-state index in [0.717, 1.165) is 11.4 Å². The number of imidazole rings is 1. The van der Waals surface area contributed by atoms with E-state index < -0.39 is 24.1 Å². The van der Waals surface area contributed by atoms with E-state index in [1.165, 1.54) is 6.07 Å². The fraction of sp³-hybridized carbons (Fsp3) is 0.346. The van der Waals surface area contributed by atoms with E-state index in [2.05, 4.69) is 16.8 Å². The molecule has 1 aliphatic heterocycles. The Morgan fingerprint density at radius 2 is 2.00 bits per heavy atom. The van der Waals surface area contributed by atoms with Gasteiger partial charge in [-0.05, 0) is 29.8 Å². The van der Waals surface area contributed by atoms with Crippen molar-refractivity contribution >= 4 is 0 Å². The summed E-state index contributed by atoms with van der Waals surface area (Å²) in [6.07, 6.45) is 2.33. The van der Waals surface area contributed by atoms with Crippen LogP contribution < -0.4 is 4.74 Å². The van der Waals surface area contributed by atoms with E-state index in [4.69, 9.17) is 9.47 Å². The fourth-order valence-corrected chi connectivity index (χ4v) is 3.75. The van der Waals surface area contributed by atoms with Gasteiger partial charge < -0.3 is 24.3 Å². The Bertz CT molecular complexity index is 1150. The molecule has 1 aliphatic rings. The van der Waals surface area contributed by atoms with Crippen LogP contribution in [0, 0.1) is 17.7 Å². The second kappa shape index (κ2) is 10.2. The number of aliphatic hydroxyl groups is 2. The van der Waals surface area contributed by atoms with Crippen molar-refractivity contribution in [2.75, 3.05) is 19.8 Å². The second-order valence-corrected chi connectivity index (χ2v) is 8.30. The van der Waals surface area contributed by atoms with Crippen LogP contribution in [0.1, 0.15) is 37.2 Å². The zero-order valence-corrected chi connectivity index (χ0v) is 18.6. The highest BCUT2D eigenvalue weighted by Crippen LogP contribution is 2.28. The number of halogens is 1. The normalized spacial score (nSPS) is 18.7. The van der Waals surface area contributed by atoms with Crippen LogP contribution in [-0.4, -0.2) is 51.8 Å². The maximum absolute atomic E-state index is 14.7. The van der Waals surface area contributed by atoms with Crippen LogP contribution in [0.4, 0.5) is 4.39 Å². The number of hydrogen-bond donors (Lipinski definition) is 2. The summed E-state index contributed by atoms with van der Waals surface area (Å²) in [6.45, 7) is 4.47. The summed E-state index contributed by atoms with van der Waals surface area (Å²) in [4.78, 5) is 4.35. The van der Waals surface area contributed by atoms with Crippen molar-refractivity contribution in [1.29, 1.82) is 0 Å². The van der Waals surface area contributed by atoms with Crippen LogP contribution >= 0.6 is 0 Å². The highest BCUT2D eigenvalue weighted by molar-refractivity contribution is 5.66. The quantitative estimate of drug-likeness (QED) is 0.562. The van der Waals surface area contributed by atoms with Crippen molar-refractivity contribution in [1.82, 2.24) is 9.55 Å². The first-order chi connectivity index (χ1) is 16.0. The summed E-state index contributed by atoms with van der Waals surface area (Å²) >= 11 is 0. The Labute approximate surface area is 192 Å². The minimum Gasteiger partial charge on any atom is -0.485 e. The fourth-order valence-electron chi connectivity index (χ4n) is 3.75. The highest BCUT2D eigenvalue weighted by atomic mass is 19.1. The lowest BCUT2D eigenvalue weighted by molar-refractivity contribution is 0.0731. The number of aromatic nitrogens is 2. The Morgan fingerprint density at radius 1 is 1.21 bits per heavy atom. The predicted molar refractivity (Wildman–Crippen MR) is 122 cm³/mol. The van der Waals surface area contributed by atoms with Crippen LogP contribution in [0.5, 0.6) is 5.75 Å². The van der Waals surface area contributed by atoms with Gasteiger partial charge in [0.25, 0.3) is 0 Å². The number of benzene rings is 2. The van der Waals surface area contributed by atoms with Crippen molar-refractivity contribution in [2.24, 2.45) is 0 Å². The summed E-state index contributed by atoms with van der Waals surface area (Å²) in [5, 5.41) is 19.6. The summed E-state index contributed by atoms with van der Waals surface area (Å²) in [6, 6.07) is 11.5.